The number of hydrogen-bond donors (Lipinski definition) is 3. The molecule has 9 heteroatoms. The second-order valence-electron chi connectivity index (χ2n) is 11.8. The molecule has 1 aromatic heterocycles. The molecule has 0 radical (unpaired) electrons. The van der Waals surface area contributed by atoms with Crippen LogP contribution < -0.4 is 16.0 Å². The van der Waals surface area contributed by atoms with E-state index in [0.29, 0.717) is 23.4 Å². The molecule has 0 aromatic carbocycles. The Morgan fingerprint density at radius 3 is 2.62 bits per heavy atom. The maximum atomic E-state index is 13.6. The standard InChI is InChI=1S/C33H42ClN5O3/c1-22(2)18-30(33(42)37-29-11-7-6-10-28(29)26-8-4-5-9-27(34)19-26)38-31(40)23(3)36-32(41)25-14-12-24(13-15-25)20-39-17-16-35-21-39/h4-5,9,12,14,16-17,19,21-23,28-30H,6-7,10-11,13,15,18,20H2,1-3H3,(H,36,41)(H,37,42)(H,38,40)/t23?,28?,29-,30+/m1/s1. The van der Waals surface area contributed by atoms with Crippen molar-refractivity contribution >= 4 is 29.3 Å². The molecule has 42 heavy (non-hydrogen) atoms. The summed E-state index contributed by atoms with van der Waals surface area (Å²) in [5.41, 5.74) is 6.15. The molecule has 0 spiro atoms. The third-order valence-electron chi connectivity index (χ3n) is 7.94. The highest BCUT2D eigenvalue weighted by Gasteiger charge is 2.32. The van der Waals surface area contributed by atoms with E-state index in [1.165, 1.54) is 5.57 Å². The van der Waals surface area contributed by atoms with Gasteiger partial charge in [0, 0.05) is 47.1 Å². The lowest BCUT2D eigenvalue weighted by Crippen LogP contribution is -2.55. The average Bonchev–Trinajstić information content (AvgIpc) is 3.38. The average molecular weight is 592 g/mol. The number of carbonyl (C=O) groups excluding carboxylic acids is 3. The van der Waals surface area contributed by atoms with Gasteiger partial charge in [-0.25, -0.2) is 4.98 Å². The number of rotatable bonds is 11. The first kappa shape index (κ1) is 31.3. The highest BCUT2D eigenvalue weighted by Crippen LogP contribution is 2.32. The van der Waals surface area contributed by atoms with Crippen molar-refractivity contribution in [3.8, 4) is 0 Å². The van der Waals surface area contributed by atoms with E-state index in [2.05, 4.69) is 26.7 Å². The summed E-state index contributed by atoms with van der Waals surface area (Å²) in [6, 6.07) is -1.57. The van der Waals surface area contributed by atoms with Crippen LogP contribution in [0, 0.1) is 11.8 Å². The van der Waals surface area contributed by atoms with E-state index < -0.39 is 12.1 Å². The van der Waals surface area contributed by atoms with Gasteiger partial charge in [0.25, 0.3) is 0 Å². The molecule has 0 aliphatic heterocycles. The Balaban J connectivity index is 1.35. The van der Waals surface area contributed by atoms with Crippen molar-refractivity contribution in [3.63, 3.8) is 0 Å². The summed E-state index contributed by atoms with van der Waals surface area (Å²) < 4.78 is 1.99. The fourth-order valence-electron chi connectivity index (χ4n) is 5.67. The summed E-state index contributed by atoms with van der Waals surface area (Å²) in [6.45, 7) is 6.42. The summed E-state index contributed by atoms with van der Waals surface area (Å²) in [5, 5.41) is 9.60. The van der Waals surface area contributed by atoms with Gasteiger partial charge in [-0.2, -0.15) is 0 Å². The maximum Gasteiger partial charge on any atom is 0.247 e. The lowest BCUT2D eigenvalue weighted by atomic mass is 9.79. The quantitative estimate of drug-likeness (QED) is 0.314. The van der Waals surface area contributed by atoms with Gasteiger partial charge >= 0.3 is 0 Å². The van der Waals surface area contributed by atoms with Crippen LogP contribution in [0.4, 0.5) is 0 Å². The summed E-state index contributed by atoms with van der Waals surface area (Å²) in [5.74, 6) is -0.572. The topological polar surface area (TPSA) is 105 Å². The van der Waals surface area contributed by atoms with E-state index in [-0.39, 0.29) is 35.6 Å². The molecule has 1 heterocycles. The summed E-state index contributed by atoms with van der Waals surface area (Å²) in [7, 11) is 0. The van der Waals surface area contributed by atoms with E-state index in [9.17, 15) is 14.4 Å². The number of allylic oxidation sites excluding steroid dienone is 7. The largest absolute Gasteiger partial charge is 0.351 e. The summed E-state index contributed by atoms with van der Waals surface area (Å²) in [4.78, 5) is 43.7. The zero-order chi connectivity index (χ0) is 30.1. The van der Waals surface area contributed by atoms with Crippen LogP contribution in [0.1, 0.15) is 65.7 Å². The molecule has 0 bridgehead atoms. The minimum Gasteiger partial charge on any atom is -0.351 e. The van der Waals surface area contributed by atoms with Gasteiger partial charge in [-0.3, -0.25) is 14.4 Å². The zero-order valence-corrected chi connectivity index (χ0v) is 25.5. The van der Waals surface area contributed by atoms with Crippen LogP contribution in [-0.4, -0.2) is 45.4 Å². The molecule has 3 amide bonds. The third-order valence-corrected chi connectivity index (χ3v) is 8.18. The minimum atomic E-state index is -0.791. The Morgan fingerprint density at radius 1 is 1.10 bits per heavy atom. The Bertz CT molecular complexity index is 1330. The normalized spacial score (nSPS) is 21.7. The Morgan fingerprint density at radius 2 is 1.90 bits per heavy atom. The Hall–Kier alpha value is -3.61. The van der Waals surface area contributed by atoms with E-state index in [4.69, 9.17) is 11.6 Å². The Labute approximate surface area is 253 Å². The number of halogens is 1. The van der Waals surface area contributed by atoms with Crippen LogP contribution in [0.3, 0.4) is 0 Å². The molecule has 224 valence electrons. The van der Waals surface area contributed by atoms with E-state index in [1.54, 1.807) is 19.4 Å². The third kappa shape index (κ3) is 8.94. The van der Waals surface area contributed by atoms with Gasteiger partial charge in [0.15, 0.2) is 0 Å². The maximum absolute atomic E-state index is 13.6. The van der Waals surface area contributed by atoms with Gasteiger partial charge in [0.05, 0.1) is 6.33 Å². The van der Waals surface area contributed by atoms with Crippen molar-refractivity contribution in [1.82, 2.24) is 25.5 Å². The monoisotopic (exact) mass is 591 g/mol. The SMILES string of the molecule is CC(C)C[C@H](NC(=O)C(C)NC(=O)C1=CC=C(Cn2ccnc2)CC1)C(=O)N[C@@H]1CCCCC1C1=C=CC=CC(Cl)=C1. The molecule has 2 unspecified atom stereocenters. The van der Waals surface area contributed by atoms with E-state index >= 15 is 0 Å². The summed E-state index contributed by atoms with van der Waals surface area (Å²) in [6.07, 6.45) is 22.4. The van der Waals surface area contributed by atoms with Crippen molar-refractivity contribution < 1.29 is 14.4 Å². The number of aromatic nitrogens is 2. The highest BCUT2D eigenvalue weighted by atomic mass is 35.5. The first-order chi connectivity index (χ1) is 20.2. The number of nitrogens with zero attached hydrogens (tertiary/aromatic N) is 2. The molecule has 3 N–H and O–H groups in total. The predicted molar refractivity (Wildman–Crippen MR) is 165 cm³/mol. The fraction of sp³-hybridized carbons (Fsp3) is 0.485. The number of amides is 3. The molecule has 3 aliphatic carbocycles. The van der Waals surface area contributed by atoms with Gasteiger partial charge in [0.2, 0.25) is 17.7 Å². The number of imidazole rings is 1. The van der Waals surface area contributed by atoms with Gasteiger partial charge in [-0.1, -0.05) is 62.1 Å². The smallest absolute Gasteiger partial charge is 0.247 e. The number of hydrogen-bond acceptors (Lipinski definition) is 4. The first-order valence-electron chi connectivity index (χ1n) is 15.0. The molecule has 1 saturated carbocycles. The van der Waals surface area contributed by atoms with Crippen molar-refractivity contribution in [2.75, 3.05) is 0 Å². The lowest BCUT2D eigenvalue weighted by molar-refractivity contribution is -0.132. The molecular weight excluding hydrogens is 550 g/mol. The molecule has 1 fully saturated rings. The second-order valence-corrected chi connectivity index (χ2v) is 12.2. The molecule has 4 rings (SSSR count). The lowest BCUT2D eigenvalue weighted by Gasteiger charge is -2.34. The van der Waals surface area contributed by atoms with Crippen molar-refractivity contribution in [1.29, 1.82) is 0 Å². The van der Waals surface area contributed by atoms with Gasteiger partial charge in [0.1, 0.15) is 12.1 Å². The van der Waals surface area contributed by atoms with Gasteiger partial charge < -0.3 is 20.5 Å². The zero-order valence-electron chi connectivity index (χ0n) is 24.7. The van der Waals surface area contributed by atoms with Crippen LogP contribution in [0.15, 0.2) is 82.7 Å². The molecular formula is C33H42ClN5O3. The van der Waals surface area contributed by atoms with Crippen molar-refractivity contribution in [3.05, 3.63) is 82.7 Å². The van der Waals surface area contributed by atoms with Gasteiger partial charge in [-0.05, 0) is 63.2 Å². The Kier molecular flexibility index (Phi) is 11.2. The van der Waals surface area contributed by atoms with Crippen LogP contribution in [0.2, 0.25) is 0 Å². The second kappa shape index (κ2) is 15.0. The fourth-order valence-corrected chi connectivity index (χ4v) is 5.86. The molecule has 8 nitrogen and oxygen atoms in total. The first-order valence-corrected chi connectivity index (χ1v) is 15.3. The van der Waals surface area contributed by atoms with E-state index in [0.717, 1.165) is 44.2 Å². The van der Waals surface area contributed by atoms with Crippen LogP contribution in [0.25, 0.3) is 0 Å². The van der Waals surface area contributed by atoms with Crippen LogP contribution in [0.5, 0.6) is 0 Å². The molecule has 4 atom stereocenters. The molecule has 0 saturated heterocycles. The van der Waals surface area contributed by atoms with E-state index in [1.807, 2.05) is 61.1 Å². The minimum absolute atomic E-state index is 0.0744. The van der Waals surface area contributed by atoms with Crippen LogP contribution in [-0.2, 0) is 20.9 Å². The summed E-state index contributed by atoms with van der Waals surface area (Å²) >= 11 is 6.32. The number of carbonyl (C=O) groups is 3. The van der Waals surface area contributed by atoms with Crippen LogP contribution >= 0.6 is 11.6 Å². The molecule has 3 aliphatic rings. The number of nitrogens with one attached hydrogen (secondary N) is 3. The van der Waals surface area contributed by atoms with Crippen molar-refractivity contribution in [2.45, 2.75) is 90.4 Å². The highest BCUT2D eigenvalue weighted by molar-refractivity contribution is 6.31. The van der Waals surface area contributed by atoms with Gasteiger partial charge in [-0.15, -0.1) is 5.73 Å². The predicted octanol–water partition coefficient (Wildman–Crippen LogP) is 5.01. The molecule has 1 aromatic rings. The van der Waals surface area contributed by atoms with Crippen molar-refractivity contribution in [2.24, 2.45) is 11.8 Å².